The smallest absolute Gasteiger partial charge is 0.381 e. The molecule has 21 heavy (non-hydrogen) atoms. The van der Waals surface area contributed by atoms with Crippen molar-refractivity contribution in [1.82, 2.24) is 0 Å². The molecule has 0 aromatic heterocycles. The number of benzene rings is 1. The Hall–Kier alpha value is -1.74. The zero-order chi connectivity index (χ0) is 15.5. The van der Waals surface area contributed by atoms with Crippen LogP contribution in [0.5, 0.6) is 0 Å². The number of nitrogens with zero attached hydrogens (tertiary/aromatic N) is 1. The third-order valence-corrected chi connectivity index (χ3v) is 4.02. The van der Waals surface area contributed by atoms with Gasteiger partial charge in [0.25, 0.3) is 0 Å². The van der Waals surface area contributed by atoms with Crippen molar-refractivity contribution in [2.75, 3.05) is 11.9 Å². The number of alkyl halides is 3. The van der Waals surface area contributed by atoms with Gasteiger partial charge in [-0.2, -0.15) is 18.4 Å². The summed E-state index contributed by atoms with van der Waals surface area (Å²) in [5, 5.41) is 12.3. The Labute approximate surface area is 121 Å². The lowest BCUT2D eigenvalue weighted by Gasteiger charge is -2.32. The van der Waals surface area contributed by atoms with E-state index in [9.17, 15) is 13.2 Å². The Balaban J connectivity index is 2.22. The lowest BCUT2D eigenvalue weighted by molar-refractivity contribution is -0.137. The molecule has 0 amide bonds. The van der Waals surface area contributed by atoms with Crippen molar-refractivity contribution in [3.05, 3.63) is 29.3 Å². The summed E-state index contributed by atoms with van der Waals surface area (Å²) < 4.78 is 38.0. The monoisotopic (exact) mass is 297 g/mol. The molecule has 1 aromatic carbocycles. The molecule has 1 aliphatic rings. The summed E-state index contributed by atoms with van der Waals surface area (Å²) in [6, 6.07) is 5.19. The molecule has 2 unspecified atom stereocenters. The van der Waals surface area contributed by atoms with E-state index in [1.165, 1.54) is 6.07 Å². The average molecular weight is 297 g/mol. The highest BCUT2D eigenvalue weighted by Gasteiger charge is 2.31. The number of hydrogen-bond donors (Lipinski definition) is 2. The van der Waals surface area contributed by atoms with E-state index >= 15 is 0 Å². The third kappa shape index (κ3) is 3.67. The van der Waals surface area contributed by atoms with Crippen molar-refractivity contribution in [3.8, 4) is 6.07 Å². The Morgan fingerprint density at radius 2 is 2.00 bits per heavy atom. The van der Waals surface area contributed by atoms with E-state index in [-0.39, 0.29) is 11.6 Å². The van der Waals surface area contributed by atoms with Crippen LogP contribution in [0.4, 0.5) is 18.9 Å². The predicted octanol–water partition coefficient (Wildman–Crippen LogP) is 3.51. The number of nitrogens with one attached hydrogen (secondary N) is 1. The fourth-order valence-electron chi connectivity index (χ4n) is 2.82. The number of rotatable bonds is 3. The molecule has 3 nitrogen and oxygen atoms in total. The molecule has 3 N–H and O–H groups in total. The minimum Gasteiger partial charge on any atom is -0.381 e. The van der Waals surface area contributed by atoms with Gasteiger partial charge in [-0.1, -0.05) is 12.8 Å². The topological polar surface area (TPSA) is 61.8 Å². The lowest BCUT2D eigenvalue weighted by atomic mass is 9.84. The predicted molar refractivity (Wildman–Crippen MR) is 74.6 cm³/mol. The lowest BCUT2D eigenvalue weighted by Crippen LogP contribution is -2.36. The van der Waals surface area contributed by atoms with Gasteiger partial charge in [0, 0.05) is 6.04 Å². The molecule has 1 aromatic rings. The molecule has 2 rings (SSSR count). The molecule has 2 atom stereocenters. The summed E-state index contributed by atoms with van der Waals surface area (Å²) in [5.41, 5.74) is 5.42. The summed E-state index contributed by atoms with van der Waals surface area (Å²) >= 11 is 0. The van der Waals surface area contributed by atoms with Crippen LogP contribution in [-0.2, 0) is 6.18 Å². The molecule has 114 valence electrons. The Bertz CT molecular complexity index is 534. The van der Waals surface area contributed by atoms with Crippen molar-refractivity contribution in [2.24, 2.45) is 11.7 Å². The number of anilines is 1. The van der Waals surface area contributed by atoms with Gasteiger partial charge >= 0.3 is 6.18 Å². The Kier molecular flexibility index (Phi) is 4.73. The maximum Gasteiger partial charge on any atom is 0.416 e. The first kappa shape index (κ1) is 15.6. The van der Waals surface area contributed by atoms with Crippen LogP contribution in [0.2, 0.25) is 0 Å². The van der Waals surface area contributed by atoms with E-state index in [0.717, 1.165) is 37.8 Å². The van der Waals surface area contributed by atoms with E-state index in [0.29, 0.717) is 18.2 Å². The van der Waals surface area contributed by atoms with Crippen LogP contribution in [-0.4, -0.2) is 12.6 Å². The van der Waals surface area contributed by atoms with Crippen LogP contribution in [0.3, 0.4) is 0 Å². The number of nitriles is 1. The zero-order valence-corrected chi connectivity index (χ0v) is 11.6. The molecular weight excluding hydrogens is 279 g/mol. The molecule has 0 bridgehead atoms. The summed E-state index contributed by atoms with van der Waals surface area (Å²) in [5.74, 6) is 0.299. The zero-order valence-electron chi connectivity index (χ0n) is 11.6. The molecule has 0 saturated heterocycles. The van der Waals surface area contributed by atoms with Gasteiger partial charge in [-0.3, -0.25) is 0 Å². The van der Waals surface area contributed by atoms with Crippen molar-refractivity contribution in [2.45, 2.75) is 37.9 Å². The molecule has 1 fully saturated rings. The van der Waals surface area contributed by atoms with Gasteiger partial charge in [-0.05, 0) is 43.5 Å². The number of hydrogen-bond acceptors (Lipinski definition) is 3. The van der Waals surface area contributed by atoms with Crippen LogP contribution in [0, 0.1) is 17.2 Å². The highest BCUT2D eigenvalue weighted by atomic mass is 19.4. The Morgan fingerprint density at radius 1 is 1.29 bits per heavy atom. The summed E-state index contributed by atoms with van der Waals surface area (Å²) in [6.45, 7) is 0.542. The minimum absolute atomic E-state index is 0.0196. The normalized spacial score (nSPS) is 22.6. The van der Waals surface area contributed by atoms with Gasteiger partial charge < -0.3 is 11.1 Å². The molecule has 1 saturated carbocycles. The molecule has 0 aliphatic heterocycles. The van der Waals surface area contributed by atoms with Crippen LogP contribution in [0.1, 0.15) is 36.8 Å². The van der Waals surface area contributed by atoms with Gasteiger partial charge in [-0.15, -0.1) is 0 Å². The highest BCUT2D eigenvalue weighted by molar-refractivity contribution is 5.59. The van der Waals surface area contributed by atoms with Crippen LogP contribution < -0.4 is 11.1 Å². The van der Waals surface area contributed by atoms with Crippen molar-refractivity contribution >= 4 is 5.69 Å². The SMILES string of the molecule is N#Cc1cc(C(F)(F)F)ccc1NC1CCCCC1CN. The van der Waals surface area contributed by atoms with Crippen LogP contribution in [0.15, 0.2) is 18.2 Å². The first-order chi connectivity index (χ1) is 9.95. The van der Waals surface area contributed by atoms with Gasteiger partial charge in [0.15, 0.2) is 0 Å². The van der Waals surface area contributed by atoms with Crippen LogP contribution in [0.25, 0.3) is 0 Å². The summed E-state index contributed by atoms with van der Waals surface area (Å²) in [4.78, 5) is 0. The van der Waals surface area contributed by atoms with E-state index in [4.69, 9.17) is 11.0 Å². The quantitative estimate of drug-likeness (QED) is 0.897. The van der Waals surface area contributed by atoms with E-state index in [2.05, 4.69) is 5.32 Å². The van der Waals surface area contributed by atoms with Gasteiger partial charge in [0.1, 0.15) is 6.07 Å². The molecule has 0 radical (unpaired) electrons. The molecule has 6 heteroatoms. The first-order valence-corrected chi connectivity index (χ1v) is 7.03. The molecule has 0 spiro atoms. The van der Waals surface area contributed by atoms with Crippen molar-refractivity contribution in [3.63, 3.8) is 0 Å². The highest BCUT2D eigenvalue weighted by Crippen LogP contribution is 2.33. The van der Waals surface area contributed by atoms with Gasteiger partial charge in [-0.25, -0.2) is 0 Å². The van der Waals surface area contributed by atoms with E-state index in [1.807, 2.05) is 6.07 Å². The maximum atomic E-state index is 12.7. The van der Waals surface area contributed by atoms with Crippen LogP contribution >= 0.6 is 0 Å². The minimum atomic E-state index is -4.44. The van der Waals surface area contributed by atoms with E-state index in [1.54, 1.807) is 0 Å². The average Bonchev–Trinajstić information content (AvgIpc) is 2.47. The molecule has 1 aliphatic carbocycles. The van der Waals surface area contributed by atoms with Crippen molar-refractivity contribution < 1.29 is 13.2 Å². The number of halogens is 3. The van der Waals surface area contributed by atoms with Gasteiger partial charge in [0.05, 0.1) is 16.8 Å². The summed E-state index contributed by atoms with van der Waals surface area (Å²) in [7, 11) is 0. The molecular formula is C15H18F3N3. The van der Waals surface area contributed by atoms with E-state index < -0.39 is 11.7 Å². The second kappa shape index (κ2) is 6.35. The second-order valence-corrected chi connectivity index (χ2v) is 5.40. The number of nitrogens with two attached hydrogens (primary N) is 1. The second-order valence-electron chi connectivity index (χ2n) is 5.40. The Morgan fingerprint density at radius 3 is 2.62 bits per heavy atom. The third-order valence-electron chi connectivity index (χ3n) is 4.02. The largest absolute Gasteiger partial charge is 0.416 e. The molecule has 0 heterocycles. The fourth-order valence-corrected chi connectivity index (χ4v) is 2.82. The fraction of sp³-hybridized carbons (Fsp3) is 0.533. The maximum absolute atomic E-state index is 12.7. The standard InChI is InChI=1S/C15H18F3N3/c16-15(17,18)12-5-6-14(11(7-12)9-20)21-13-4-2-1-3-10(13)8-19/h5-7,10,13,21H,1-4,8,19H2. The summed E-state index contributed by atoms with van der Waals surface area (Å²) in [6.07, 6.45) is -0.311. The first-order valence-electron chi connectivity index (χ1n) is 7.03. The van der Waals surface area contributed by atoms with Crippen molar-refractivity contribution in [1.29, 1.82) is 5.26 Å². The van der Waals surface area contributed by atoms with Gasteiger partial charge in [0.2, 0.25) is 0 Å².